The van der Waals surface area contributed by atoms with Crippen LogP contribution in [0.5, 0.6) is 11.5 Å². The minimum Gasteiger partial charge on any atom is -0.493 e. The Bertz CT molecular complexity index is 703. The Kier molecular flexibility index (Phi) is 6.14. The lowest BCUT2D eigenvalue weighted by Gasteiger charge is -2.14. The van der Waals surface area contributed by atoms with Crippen molar-refractivity contribution in [1.29, 1.82) is 0 Å². The molecule has 0 saturated carbocycles. The highest BCUT2D eigenvalue weighted by Crippen LogP contribution is 2.27. The van der Waals surface area contributed by atoms with Crippen molar-refractivity contribution in [3.8, 4) is 11.5 Å². The smallest absolute Gasteiger partial charge is 0.252 e. The van der Waals surface area contributed by atoms with Gasteiger partial charge in [-0.05, 0) is 25.1 Å². The number of methoxy groups -OCH3 is 2. The summed E-state index contributed by atoms with van der Waals surface area (Å²) < 4.78 is 10.3. The average molecular weight is 349 g/mol. The highest BCUT2D eigenvalue weighted by molar-refractivity contribution is 7.07. The van der Waals surface area contributed by atoms with Crippen LogP contribution in [0.3, 0.4) is 0 Å². The first-order valence-electron chi connectivity index (χ1n) is 7.22. The minimum atomic E-state index is -0.677. The second-order valence-electron chi connectivity index (χ2n) is 4.96. The number of aromatic nitrogens is 1. The summed E-state index contributed by atoms with van der Waals surface area (Å²) in [6.07, 6.45) is 0. The van der Waals surface area contributed by atoms with E-state index in [1.807, 2.05) is 5.38 Å². The van der Waals surface area contributed by atoms with Crippen molar-refractivity contribution in [2.24, 2.45) is 0 Å². The van der Waals surface area contributed by atoms with Crippen LogP contribution in [0.4, 0.5) is 0 Å². The molecule has 0 radical (unpaired) electrons. The van der Waals surface area contributed by atoms with Gasteiger partial charge in [-0.1, -0.05) is 0 Å². The second kappa shape index (κ2) is 8.30. The van der Waals surface area contributed by atoms with E-state index in [0.29, 0.717) is 23.6 Å². The largest absolute Gasteiger partial charge is 0.493 e. The summed E-state index contributed by atoms with van der Waals surface area (Å²) in [6.45, 7) is 1.95. The topological polar surface area (TPSA) is 89.5 Å². The van der Waals surface area contributed by atoms with Crippen molar-refractivity contribution in [1.82, 2.24) is 15.6 Å². The van der Waals surface area contributed by atoms with Crippen molar-refractivity contribution in [3.05, 3.63) is 40.3 Å². The van der Waals surface area contributed by atoms with E-state index in [4.69, 9.17) is 9.47 Å². The molecule has 1 aromatic heterocycles. The van der Waals surface area contributed by atoms with E-state index in [9.17, 15) is 9.59 Å². The number of rotatable bonds is 7. The number of hydrogen-bond acceptors (Lipinski definition) is 6. The molecule has 2 rings (SSSR count). The molecule has 2 amide bonds. The Balaban J connectivity index is 1.94. The molecule has 0 aliphatic heterocycles. The van der Waals surface area contributed by atoms with E-state index >= 15 is 0 Å². The van der Waals surface area contributed by atoms with E-state index in [-0.39, 0.29) is 11.8 Å². The van der Waals surface area contributed by atoms with Gasteiger partial charge in [-0.15, -0.1) is 11.3 Å². The van der Waals surface area contributed by atoms with Gasteiger partial charge in [0.25, 0.3) is 5.91 Å². The number of ether oxygens (including phenoxy) is 2. The summed E-state index contributed by atoms with van der Waals surface area (Å²) in [5.74, 6) is 0.331. The van der Waals surface area contributed by atoms with Gasteiger partial charge in [0.05, 0.1) is 32.0 Å². The molecule has 0 aliphatic rings. The van der Waals surface area contributed by atoms with E-state index in [1.54, 1.807) is 30.6 Å². The van der Waals surface area contributed by atoms with Crippen molar-refractivity contribution < 1.29 is 19.1 Å². The van der Waals surface area contributed by atoms with Gasteiger partial charge < -0.3 is 20.1 Å². The fourth-order valence-corrected chi connectivity index (χ4v) is 2.54. The quantitative estimate of drug-likeness (QED) is 0.792. The van der Waals surface area contributed by atoms with Crippen LogP contribution in [0.1, 0.15) is 23.0 Å². The molecule has 1 unspecified atom stereocenters. The summed E-state index contributed by atoms with van der Waals surface area (Å²) in [4.78, 5) is 28.4. The van der Waals surface area contributed by atoms with Crippen LogP contribution in [0.2, 0.25) is 0 Å². The number of thiazole rings is 1. The molecule has 0 fully saturated rings. The fraction of sp³-hybridized carbons (Fsp3) is 0.312. The van der Waals surface area contributed by atoms with Crippen molar-refractivity contribution >= 4 is 23.2 Å². The molecule has 8 heteroatoms. The maximum absolute atomic E-state index is 12.3. The third kappa shape index (κ3) is 4.45. The summed E-state index contributed by atoms with van der Waals surface area (Å²) in [6, 6.07) is 4.13. The van der Waals surface area contributed by atoms with Gasteiger partial charge in [0.2, 0.25) is 5.91 Å². The molecule has 24 heavy (non-hydrogen) atoms. The standard InChI is InChI=1S/C16H19N3O4S/c1-10(15(20)17-7-12-8-24-9-18-12)19-16(21)11-4-5-13(22-2)14(6-11)23-3/h4-6,8-10H,7H2,1-3H3,(H,17,20)(H,19,21). The van der Waals surface area contributed by atoms with Crippen molar-refractivity contribution in [2.75, 3.05) is 14.2 Å². The average Bonchev–Trinajstić information content (AvgIpc) is 3.12. The highest BCUT2D eigenvalue weighted by Gasteiger charge is 2.17. The minimum absolute atomic E-state index is 0.281. The zero-order valence-electron chi connectivity index (χ0n) is 13.7. The Morgan fingerprint density at radius 2 is 2.00 bits per heavy atom. The molecule has 1 heterocycles. The van der Waals surface area contributed by atoms with Crippen LogP contribution >= 0.6 is 11.3 Å². The SMILES string of the molecule is COc1ccc(C(=O)NC(C)C(=O)NCc2cscn2)cc1OC. The lowest BCUT2D eigenvalue weighted by Crippen LogP contribution is -2.44. The van der Waals surface area contributed by atoms with E-state index < -0.39 is 6.04 Å². The molecular formula is C16H19N3O4S. The maximum atomic E-state index is 12.3. The van der Waals surface area contributed by atoms with Crippen LogP contribution < -0.4 is 20.1 Å². The Morgan fingerprint density at radius 3 is 2.62 bits per heavy atom. The lowest BCUT2D eigenvalue weighted by atomic mass is 10.1. The summed E-state index contributed by atoms with van der Waals surface area (Å²) in [7, 11) is 3.01. The van der Waals surface area contributed by atoms with Gasteiger partial charge in [-0.2, -0.15) is 0 Å². The molecule has 128 valence electrons. The first-order chi connectivity index (χ1) is 11.5. The zero-order chi connectivity index (χ0) is 17.5. The number of nitrogens with zero attached hydrogens (tertiary/aromatic N) is 1. The maximum Gasteiger partial charge on any atom is 0.252 e. The molecular weight excluding hydrogens is 330 g/mol. The summed E-state index contributed by atoms with van der Waals surface area (Å²) >= 11 is 1.46. The first kappa shape index (κ1) is 17.7. The van der Waals surface area contributed by atoms with Crippen LogP contribution in [-0.2, 0) is 11.3 Å². The van der Waals surface area contributed by atoms with Crippen LogP contribution in [-0.4, -0.2) is 37.1 Å². The molecule has 2 aromatic rings. The highest BCUT2D eigenvalue weighted by atomic mass is 32.1. The number of hydrogen-bond donors (Lipinski definition) is 2. The molecule has 7 nitrogen and oxygen atoms in total. The third-order valence-corrected chi connectivity index (χ3v) is 3.95. The van der Waals surface area contributed by atoms with Crippen LogP contribution in [0.25, 0.3) is 0 Å². The van der Waals surface area contributed by atoms with Crippen molar-refractivity contribution in [2.45, 2.75) is 19.5 Å². The molecule has 0 saturated heterocycles. The van der Waals surface area contributed by atoms with Crippen molar-refractivity contribution in [3.63, 3.8) is 0 Å². The lowest BCUT2D eigenvalue weighted by molar-refractivity contribution is -0.122. The number of carbonyl (C=O) groups excluding carboxylic acids is 2. The molecule has 1 atom stereocenters. The number of amides is 2. The fourth-order valence-electron chi connectivity index (χ4n) is 1.98. The predicted octanol–water partition coefficient (Wildman–Crippen LogP) is 1.59. The molecule has 2 N–H and O–H groups in total. The first-order valence-corrected chi connectivity index (χ1v) is 8.17. The molecule has 1 aromatic carbocycles. The van der Waals surface area contributed by atoms with Gasteiger partial charge in [0.1, 0.15) is 6.04 Å². The molecule has 0 aliphatic carbocycles. The third-order valence-electron chi connectivity index (χ3n) is 3.31. The van der Waals surface area contributed by atoms with E-state index in [2.05, 4.69) is 15.6 Å². The number of benzene rings is 1. The van der Waals surface area contributed by atoms with Crippen LogP contribution in [0, 0.1) is 0 Å². The Hall–Kier alpha value is -2.61. The second-order valence-corrected chi connectivity index (χ2v) is 5.68. The van der Waals surface area contributed by atoms with Gasteiger partial charge >= 0.3 is 0 Å². The Labute approximate surface area is 144 Å². The Morgan fingerprint density at radius 1 is 1.25 bits per heavy atom. The van der Waals surface area contributed by atoms with E-state index in [1.165, 1.54) is 25.6 Å². The van der Waals surface area contributed by atoms with Gasteiger partial charge in [-0.25, -0.2) is 4.98 Å². The number of carbonyl (C=O) groups is 2. The molecule has 0 bridgehead atoms. The summed E-state index contributed by atoms with van der Waals surface area (Å²) in [5.41, 5.74) is 2.86. The normalized spacial score (nSPS) is 11.5. The molecule has 0 spiro atoms. The van der Waals surface area contributed by atoms with E-state index in [0.717, 1.165) is 5.69 Å². The van der Waals surface area contributed by atoms with Gasteiger partial charge in [0.15, 0.2) is 11.5 Å². The van der Waals surface area contributed by atoms with Gasteiger partial charge in [0, 0.05) is 10.9 Å². The van der Waals surface area contributed by atoms with Crippen LogP contribution in [0.15, 0.2) is 29.1 Å². The number of nitrogens with one attached hydrogen (secondary N) is 2. The summed E-state index contributed by atoms with van der Waals surface area (Å²) in [5, 5.41) is 7.23. The monoisotopic (exact) mass is 349 g/mol. The predicted molar refractivity (Wildman–Crippen MR) is 90.4 cm³/mol. The zero-order valence-corrected chi connectivity index (χ0v) is 14.5. The van der Waals surface area contributed by atoms with Gasteiger partial charge in [-0.3, -0.25) is 9.59 Å².